The summed E-state index contributed by atoms with van der Waals surface area (Å²) in [4.78, 5) is 9.07. The molecule has 2 unspecified atom stereocenters. The van der Waals surface area contributed by atoms with Crippen molar-refractivity contribution in [3.8, 4) is 0 Å². The standard InChI is InChI=1S/C15H23N5/c1-2-5-13(4-1)20(15-17-7-3-8-18-15)19-9-6-12-10-16-11-14(12)19/h3,7-8,12-14,16H,1-2,4-6,9-11H2. The first-order valence-electron chi connectivity index (χ1n) is 7.97. The van der Waals surface area contributed by atoms with Crippen LogP contribution in [0.25, 0.3) is 0 Å². The van der Waals surface area contributed by atoms with E-state index in [0.29, 0.717) is 12.1 Å². The van der Waals surface area contributed by atoms with Crippen molar-refractivity contribution in [1.82, 2.24) is 20.3 Å². The molecule has 3 heterocycles. The predicted molar refractivity (Wildman–Crippen MR) is 78.2 cm³/mol. The number of hydrazine groups is 1. The van der Waals surface area contributed by atoms with Gasteiger partial charge in [0, 0.05) is 37.6 Å². The van der Waals surface area contributed by atoms with Crippen LogP contribution in [-0.2, 0) is 0 Å². The van der Waals surface area contributed by atoms with Gasteiger partial charge in [-0.25, -0.2) is 15.0 Å². The van der Waals surface area contributed by atoms with Gasteiger partial charge in [0.1, 0.15) is 0 Å². The second-order valence-corrected chi connectivity index (χ2v) is 6.27. The van der Waals surface area contributed by atoms with Gasteiger partial charge < -0.3 is 5.32 Å². The van der Waals surface area contributed by atoms with E-state index in [1.807, 2.05) is 18.5 Å². The molecule has 1 aromatic rings. The largest absolute Gasteiger partial charge is 0.315 e. The second-order valence-electron chi connectivity index (χ2n) is 6.27. The molecule has 5 nitrogen and oxygen atoms in total. The highest BCUT2D eigenvalue weighted by atomic mass is 15.7. The lowest BCUT2D eigenvalue weighted by atomic mass is 10.1. The summed E-state index contributed by atoms with van der Waals surface area (Å²) < 4.78 is 0. The number of hydrogen-bond donors (Lipinski definition) is 1. The average molecular weight is 273 g/mol. The van der Waals surface area contributed by atoms with Crippen LogP contribution in [0.2, 0.25) is 0 Å². The molecule has 0 bridgehead atoms. The Hall–Kier alpha value is -1.20. The zero-order valence-corrected chi connectivity index (χ0v) is 11.9. The summed E-state index contributed by atoms with van der Waals surface area (Å²) >= 11 is 0. The Kier molecular flexibility index (Phi) is 3.32. The number of aromatic nitrogens is 2. The fraction of sp³-hybridized carbons (Fsp3) is 0.733. The summed E-state index contributed by atoms with van der Waals surface area (Å²) in [5.74, 6) is 1.70. The van der Waals surface area contributed by atoms with Gasteiger partial charge in [0.15, 0.2) is 0 Å². The van der Waals surface area contributed by atoms with Crippen LogP contribution < -0.4 is 10.3 Å². The third-order valence-corrected chi connectivity index (χ3v) is 5.12. The molecule has 3 aliphatic rings. The number of nitrogens with zero attached hydrogens (tertiary/aromatic N) is 4. The van der Waals surface area contributed by atoms with E-state index in [9.17, 15) is 0 Å². The van der Waals surface area contributed by atoms with Crippen LogP contribution >= 0.6 is 0 Å². The van der Waals surface area contributed by atoms with Crippen molar-refractivity contribution in [2.75, 3.05) is 24.6 Å². The number of nitrogens with one attached hydrogen (secondary N) is 1. The molecule has 0 amide bonds. The topological polar surface area (TPSA) is 44.3 Å². The number of fused-ring (bicyclic) bond motifs is 1. The summed E-state index contributed by atoms with van der Waals surface area (Å²) in [7, 11) is 0. The minimum atomic E-state index is 0.594. The number of hydrogen-bond acceptors (Lipinski definition) is 5. The molecule has 2 aliphatic heterocycles. The Morgan fingerprint density at radius 1 is 1.10 bits per heavy atom. The number of anilines is 1. The van der Waals surface area contributed by atoms with Crippen molar-refractivity contribution in [3.63, 3.8) is 0 Å². The molecule has 3 fully saturated rings. The van der Waals surface area contributed by atoms with Gasteiger partial charge in [0.25, 0.3) is 0 Å². The lowest BCUT2D eigenvalue weighted by Gasteiger charge is -2.39. The van der Waals surface area contributed by atoms with Gasteiger partial charge in [-0.3, -0.25) is 5.01 Å². The van der Waals surface area contributed by atoms with Gasteiger partial charge in [-0.1, -0.05) is 12.8 Å². The highest BCUT2D eigenvalue weighted by molar-refractivity contribution is 5.30. The molecule has 0 radical (unpaired) electrons. The normalized spacial score (nSPS) is 30.8. The van der Waals surface area contributed by atoms with Crippen molar-refractivity contribution in [2.45, 2.75) is 44.2 Å². The van der Waals surface area contributed by atoms with Gasteiger partial charge in [-0.2, -0.15) is 0 Å². The molecule has 4 rings (SSSR count). The Bertz CT molecular complexity index is 445. The van der Waals surface area contributed by atoms with Gasteiger partial charge >= 0.3 is 0 Å². The van der Waals surface area contributed by atoms with Gasteiger partial charge in [-0.05, 0) is 37.8 Å². The quantitative estimate of drug-likeness (QED) is 0.902. The highest BCUT2D eigenvalue weighted by Gasteiger charge is 2.43. The Morgan fingerprint density at radius 3 is 2.70 bits per heavy atom. The summed E-state index contributed by atoms with van der Waals surface area (Å²) in [6.07, 6.45) is 10.3. The van der Waals surface area contributed by atoms with E-state index < -0.39 is 0 Å². The van der Waals surface area contributed by atoms with Crippen LogP contribution in [0, 0.1) is 5.92 Å². The van der Waals surface area contributed by atoms with E-state index in [4.69, 9.17) is 0 Å². The first-order chi connectivity index (χ1) is 9.93. The van der Waals surface area contributed by atoms with Crippen LogP contribution in [0.1, 0.15) is 32.1 Å². The minimum Gasteiger partial charge on any atom is -0.315 e. The zero-order valence-electron chi connectivity index (χ0n) is 11.9. The molecule has 108 valence electrons. The summed E-state index contributed by atoms with van der Waals surface area (Å²) in [5, 5.41) is 8.54. The van der Waals surface area contributed by atoms with E-state index in [1.54, 1.807) is 0 Å². The van der Waals surface area contributed by atoms with E-state index >= 15 is 0 Å². The van der Waals surface area contributed by atoms with Gasteiger partial charge in [0.05, 0.1) is 0 Å². The maximum atomic E-state index is 4.54. The van der Waals surface area contributed by atoms with E-state index in [2.05, 4.69) is 25.3 Å². The second kappa shape index (κ2) is 5.30. The minimum absolute atomic E-state index is 0.594. The van der Waals surface area contributed by atoms with Crippen LogP contribution in [0.3, 0.4) is 0 Å². The van der Waals surface area contributed by atoms with Crippen molar-refractivity contribution >= 4 is 5.95 Å². The zero-order chi connectivity index (χ0) is 13.4. The van der Waals surface area contributed by atoms with Crippen LogP contribution in [0.15, 0.2) is 18.5 Å². The predicted octanol–water partition coefficient (Wildman–Crippen LogP) is 1.43. The molecule has 20 heavy (non-hydrogen) atoms. The molecular formula is C15H23N5. The van der Waals surface area contributed by atoms with Crippen LogP contribution in [-0.4, -0.2) is 46.7 Å². The summed E-state index contributed by atoms with van der Waals surface area (Å²) in [5.41, 5.74) is 0. The number of rotatable bonds is 3. The maximum absolute atomic E-state index is 4.54. The molecule has 0 spiro atoms. The van der Waals surface area contributed by atoms with Crippen LogP contribution in [0.4, 0.5) is 5.95 Å². The van der Waals surface area contributed by atoms with Gasteiger partial charge in [-0.15, -0.1) is 0 Å². The van der Waals surface area contributed by atoms with E-state index in [-0.39, 0.29) is 0 Å². The molecule has 2 atom stereocenters. The third-order valence-electron chi connectivity index (χ3n) is 5.12. The van der Waals surface area contributed by atoms with Crippen molar-refractivity contribution < 1.29 is 0 Å². The van der Waals surface area contributed by atoms with Crippen molar-refractivity contribution in [3.05, 3.63) is 18.5 Å². The fourth-order valence-corrected chi connectivity index (χ4v) is 4.14. The molecule has 2 saturated heterocycles. The molecular weight excluding hydrogens is 250 g/mol. The lowest BCUT2D eigenvalue weighted by molar-refractivity contribution is 0.200. The van der Waals surface area contributed by atoms with E-state index in [1.165, 1.54) is 38.6 Å². The summed E-state index contributed by atoms with van der Waals surface area (Å²) in [6.45, 7) is 3.45. The smallest absolute Gasteiger partial charge is 0.240 e. The van der Waals surface area contributed by atoms with Crippen molar-refractivity contribution in [1.29, 1.82) is 0 Å². The summed E-state index contributed by atoms with van der Waals surface area (Å²) in [6, 6.07) is 3.14. The fourth-order valence-electron chi connectivity index (χ4n) is 4.14. The molecule has 1 N–H and O–H groups in total. The first kappa shape index (κ1) is 12.5. The third kappa shape index (κ3) is 2.09. The molecule has 1 saturated carbocycles. The average Bonchev–Trinajstić information content (AvgIpc) is 3.19. The lowest BCUT2D eigenvalue weighted by Crippen LogP contribution is -2.52. The molecule has 0 aromatic carbocycles. The Balaban J connectivity index is 1.64. The Morgan fingerprint density at radius 2 is 1.90 bits per heavy atom. The monoisotopic (exact) mass is 273 g/mol. The maximum Gasteiger partial charge on any atom is 0.240 e. The van der Waals surface area contributed by atoms with Gasteiger partial charge in [0.2, 0.25) is 5.95 Å². The first-order valence-corrected chi connectivity index (χ1v) is 7.97. The highest BCUT2D eigenvalue weighted by Crippen LogP contribution is 2.34. The molecule has 1 aromatic heterocycles. The van der Waals surface area contributed by atoms with Crippen LogP contribution in [0.5, 0.6) is 0 Å². The SMILES string of the molecule is c1cnc(N(C2CCCC2)N2CCC3CNCC32)nc1. The molecule has 5 heteroatoms. The molecule has 1 aliphatic carbocycles. The van der Waals surface area contributed by atoms with E-state index in [0.717, 1.165) is 25.0 Å². The Labute approximate surface area is 120 Å². The van der Waals surface area contributed by atoms with Crippen molar-refractivity contribution in [2.24, 2.45) is 5.92 Å².